The average Bonchev–Trinajstić information content (AvgIpc) is 2.44. The Bertz CT molecular complexity index is 517. The Kier molecular flexibility index (Phi) is 4.73. The molecule has 0 atom stereocenters. The average molecular weight is 343 g/mol. The van der Waals surface area contributed by atoms with Gasteiger partial charge in [-0.3, -0.25) is 9.80 Å². The van der Waals surface area contributed by atoms with Crippen LogP contribution < -0.4 is 0 Å². The number of hydrogen-bond donors (Lipinski definition) is 0. The summed E-state index contributed by atoms with van der Waals surface area (Å²) in [5.74, 6) is 0. The first-order valence-corrected chi connectivity index (χ1v) is 8.85. The summed E-state index contributed by atoms with van der Waals surface area (Å²) in [6.45, 7) is 12.9. The third-order valence-corrected chi connectivity index (χ3v) is 5.54. The molecule has 2 saturated heterocycles. The Morgan fingerprint density at radius 3 is 2.00 bits per heavy atom. The molecular formula is C18H28F3N3. The van der Waals surface area contributed by atoms with E-state index in [4.69, 9.17) is 0 Å². The summed E-state index contributed by atoms with van der Waals surface area (Å²) >= 11 is 0. The van der Waals surface area contributed by atoms with Gasteiger partial charge in [0.25, 0.3) is 0 Å². The van der Waals surface area contributed by atoms with Gasteiger partial charge in [0.1, 0.15) is 0 Å². The van der Waals surface area contributed by atoms with E-state index in [0.717, 1.165) is 45.0 Å². The lowest BCUT2D eigenvalue weighted by atomic mass is 9.96. The Hall–Kier alpha value is -1.01. The Morgan fingerprint density at radius 2 is 1.54 bits per heavy atom. The van der Waals surface area contributed by atoms with Gasteiger partial charge in [-0.25, -0.2) is 0 Å². The van der Waals surface area contributed by atoms with E-state index < -0.39 is 11.7 Å². The first-order valence-electron chi connectivity index (χ1n) is 8.85. The van der Waals surface area contributed by atoms with Crippen molar-refractivity contribution in [3.63, 3.8) is 0 Å². The van der Waals surface area contributed by atoms with Gasteiger partial charge in [-0.1, -0.05) is 6.08 Å². The van der Waals surface area contributed by atoms with E-state index in [2.05, 4.69) is 35.5 Å². The Balaban J connectivity index is 1.48. The van der Waals surface area contributed by atoms with Gasteiger partial charge in [0.05, 0.1) is 0 Å². The number of rotatable bonds is 2. The van der Waals surface area contributed by atoms with Crippen LogP contribution in [0.5, 0.6) is 0 Å². The molecule has 2 fully saturated rings. The highest BCUT2D eigenvalue weighted by Crippen LogP contribution is 2.34. The predicted molar refractivity (Wildman–Crippen MR) is 89.7 cm³/mol. The number of alkyl halides is 3. The summed E-state index contributed by atoms with van der Waals surface area (Å²) in [6.07, 6.45) is -0.625. The smallest absolute Gasteiger partial charge is 0.372 e. The molecule has 3 nitrogen and oxygen atoms in total. The molecule has 6 heteroatoms. The van der Waals surface area contributed by atoms with Gasteiger partial charge < -0.3 is 4.90 Å². The van der Waals surface area contributed by atoms with E-state index in [1.54, 1.807) is 6.08 Å². The van der Waals surface area contributed by atoms with Crippen LogP contribution in [-0.2, 0) is 0 Å². The summed E-state index contributed by atoms with van der Waals surface area (Å²) in [7, 11) is 0. The highest BCUT2D eigenvalue weighted by atomic mass is 19.4. The largest absolute Gasteiger partial charge is 0.412 e. The van der Waals surface area contributed by atoms with Crippen molar-refractivity contribution >= 4 is 0 Å². The summed E-state index contributed by atoms with van der Waals surface area (Å²) in [5, 5.41) is 0. The van der Waals surface area contributed by atoms with Crippen LogP contribution in [-0.4, -0.2) is 71.7 Å². The normalized spacial score (nSPS) is 25.3. The SMILES string of the molecule is CC(C)(C)N1CC(N2CCN(C3=CC=C(C(F)(F)F)CC3)CC2)C1. The van der Waals surface area contributed by atoms with Crippen LogP contribution in [0.15, 0.2) is 23.4 Å². The van der Waals surface area contributed by atoms with E-state index in [1.165, 1.54) is 6.08 Å². The Labute approximate surface area is 142 Å². The lowest BCUT2D eigenvalue weighted by molar-refractivity contribution is -0.0943. The molecule has 0 spiro atoms. The summed E-state index contributed by atoms with van der Waals surface area (Å²) in [6, 6.07) is 0.642. The first kappa shape index (κ1) is 17.8. The highest BCUT2D eigenvalue weighted by Gasteiger charge is 2.39. The van der Waals surface area contributed by atoms with E-state index in [-0.39, 0.29) is 12.0 Å². The number of allylic oxidation sites excluding steroid dienone is 4. The van der Waals surface area contributed by atoms with Gasteiger partial charge in [0.15, 0.2) is 0 Å². The van der Waals surface area contributed by atoms with Crippen LogP contribution in [0.1, 0.15) is 33.6 Å². The van der Waals surface area contributed by atoms with Gasteiger partial charge >= 0.3 is 6.18 Å². The maximum absolute atomic E-state index is 12.7. The van der Waals surface area contributed by atoms with Crippen molar-refractivity contribution in [1.82, 2.24) is 14.7 Å². The molecule has 0 unspecified atom stereocenters. The third-order valence-electron chi connectivity index (χ3n) is 5.54. The monoisotopic (exact) mass is 343 g/mol. The molecule has 2 aliphatic heterocycles. The molecule has 0 N–H and O–H groups in total. The second-order valence-electron chi connectivity index (χ2n) is 8.10. The number of nitrogens with zero attached hydrogens (tertiary/aromatic N) is 3. The molecule has 0 aromatic carbocycles. The second-order valence-corrected chi connectivity index (χ2v) is 8.10. The molecule has 0 aromatic rings. The molecule has 0 bridgehead atoms. The summed E-state index contributed by atoms with van der Waals surface area (Å²) in [4.78, 5) is 7.30. The van der Waals surface area contributed by atoms with Crippen LogP contribution >= 0.6 is 0 Å². The molecule has 3 aliphatic rings. The molecule has 0 aromatic heterocycles. The molecule has 0 saturated carbocycles. The lowest BCUT2D eigenvalue weighted by Crippen LogP contribution is -2.66. The zero-order valence-corrected chi connectivity index (χ0v) is 14.9. The minimum absolute atomic E-state index is 0.110. The fourth-order valence-electron chi connectivity index (χ4n) is 3.73. The fourth-order valence-corrected chi connectivity index (χ4v) is 3.73. The fraction of sp³-hybridized carbons (Fsp3) is 0.778. The standard InChI is InChI=1S/C18H28F3N3/c1-17(2,3)24-12-16(13-24)23-10-8-22(9-11-23)15-6-4-14(5-7-15)18(19,20)21/h4,6,16H,5,7-13H2,1-3H3. The van der Waals surface area contributed by atoms with Crippen molar-refractivity contribution in [1.29, 1.82) is 0 Å². The summed E-state index contributed by atoms with van der Waals surface area (Å²) < 4.78 is 38.1. The van der Waals surface area contributed by atoms with Gasteiger partial charge in [-0.05, 0) is 39.7 Å². The maximum atomic E-state index is 12.7. The first-order chi connectivity index (χ1) is 11.1. The molecule has 1 aliphatic carbocycles. The zero-order valence-electron chi connectivity index (χ0n) is 14.9. The topological polar surface area (TPSA) is 9.72 Å². The third kappa shape index (κ3) is 3.80. The van der Waals surface area contributed by atoms with Crippen molar-refractivity contribution in [3.05, 3.63) is 23.4 Å². The van der Waals surface area contributed by atoms with Crippen LogP contribution in [0.2, 0.25) is 0 Å². The van der Waals surface area contributed by atoms with Crippen molar-refractivity contribution in [2.75, 3.05) is 39.3 Å². The number of halogens is 3. The molecule has 2 heterocycles. The van der Waals surface area contributed by atoms with Gasteiger partial charge in [0.2, 0.25) is 0 Å². The van der Waals surface area contributed by atoms with Crippen molar-refractivity contribution in [3.8, 4) is 0 Å². The number of hydrogen-bond acceptors (Lipinski definition) is 3. The van der Waals surface area contributed by atoms with E-state index >= 15 is 0 Å². The van der Waals surface area contributed by atoms with Crippen LogP contribution in [0.25, 0.3) is 0 Å². The number of piperazine rings is 1. The van der Waals surface area contributed by atoms with Crippen molar-refractivity contribution in [2.45, 2.75) is 51.4 Å². The van der Waals surface area contributed by atoms with Gasteiger partial charge in [-0.2, -0.15) is 13.2 Å². The minimum Gasteiger partial charge on any atom is -0.372 e. The van der Waals surface area contributed by atoms with Crippen molar-refractivity contribution in [2.24, 2.45) is 0 Å². The highest BCUT2D eigenvalue weighted by molar-refractivity contribution is 5.26. The lowest BCUT2D eigenvalue weighted by Gasteiger charge is -2.53. The molecular weight excluding hydrogens is 315 g/mol. The maximum Gasteiger partial charge on any atom is 0.412 e. The molecule has 0 radical (unpaired) electrons. The second kappa shape index (κ2) is 6.37. The predicted octanol–water partition coefficient (Wildman–Crippen LogP) is 3.25. The van der Waals surface area contributed by atoms with E-state index in [1.807, 2.05) is 0 Å². The van der Waals surface area contributed by atoms with E-state index in [0.29, 0.717) is 12.5 Å². The van der Waals surface area contributed by atoms with Crippen LogP contribution in [0.3, 0.4) is 0 Å². The van der Waals surface area contributed by atoms with E-state index in [9.17, 15) is 13.2 Å². The van der Waals surface area contributed by atoms with Gasteiger partial charge in [-0.15, -0.1) is 0 Å². The van der Waals surface area contributed by atoms with Gasteiger partial charge in [0, 0.05) is 62.1 Å². The zero-order chi connectivity index (χ0) is 17.5. The quantitative estimate of drug-likeness (QED) is 0.762. The van der Waals surface area contributed by atoms with Crippen LogP contribution in [0.4, 0.5) is 13.2 Å². The number of likely N-dealkylation sites (tertiary alicyclic amines) is 1. The van der Waals surface area contributed by atoms with Crippen molar-refractivity contribution < 1.29 is 13.2 Å². The molecule has 24 heavy (non-hydrogen) atoms. The minimum atomic E-state index is -4.18. The Morgan fingerprint density at radius 1 is 0.917 bits per heavy atom. The molecule has 3 rings (SSSR count). The van der Waals surface area contributed by atoms with Crippen LogP contribution in [0, 0.1) is 0 Å². The molecule has 0 amide bonds. The summed E-state index contributed by atoms with van der Waals surface area (Å²) in [5.41, 5.74) is 0.905. The molecule has 136 valence electrons.